The molecule has 6 heteroatoms. The van der Waals surface area contributed by atoms with Gasteiger partial charge in [-0.3, -0.25) is 9.59 Å². The minimum atomic E-state index is -0.398. The van der Waals surface area contributed by atoms with Crippen molar-refractivity contribution in [3.63, 3.8) is 0 Å². The minimum Gasteiger partial charge on any atom is -0.380 e. The Balaban J connectivity index is 2.71. The van der Waals surface area contributed by atoms with Gasteiger partial charge >= 0.3 is 0 Å². The molecule has 0 aromatic heterocycles. The van der Waals surface area contributed by atoms with Crippen molar-refractivity contribution >= 4 is 11.8 Å². The predicted molar refractivity (Wildman–Crippen MR) is 53.7 cm³/mol. The maximum atomic E-state index is 11.4. The lowest BCUT2D eigenvalue weighted by atomic mass is 9.84. The molecule has 0 saturated carbocycles. The summed E-state index contributed by atoms with van der Waals surface area (Å²) in [6.07, 6.45) is -0.216. The average Bonchev–Trinajstić information content (AvgIpc) is 2.15. The van der Waals surface area contributed by atoms with E-state index < -0.39 is 5.91 Å². The van der Waals surface area contributed by atoms with Crippen molar-refractivity contribution in [1.29, 1.82) is 0 Å². The number of nitrogens with two attached hydrogens (primary N) is 2. The van der Waals surface area contributed by atoms with Crippen molar-refractivity contribution in [2.75, 3.05) is 20.2 Å². The first-order valence-electron chi connectivity index (χ1n) is 4.84. The summed E-state index contributed by atoms with van der Waals surface area (Å²) in [7, 11) is 1.53. The van der Waals surface area contributed by atoms with Crippen LogP contribution in [-0.2, 0) is 14.3 Å². The van der Waals surface area contributed by atoms with Crippen molar-refractivity contribution in [1.82, 2.24) is 4.90 Å². The normalized spacial score (nSPS) is 27.0. The van der Waals surface area contributed by atoms with Gasteiger partial charge in [-0.05, 0) is 6.92 Å². The van der Waals surface area contributed by atoms with Crippen molar-refractivity contribution < 1.29 is 14.3 Å². The van der Waals surface area contributed by atoms with Gasteiger partial charge in [0.2, 0.25) is 11.8 Å². The zero-order valence-corrected chi connectivity index (χ0v) is 8.97. The van der Waals surface area contributed by atoms with E-state index in [0.29, 0.717) is 6.54 Å². The number of ether oxygens (including phenoxy) is 1. The van der Waals surface area contributed by atoms with Crippen molar-refractivity contribution in [3.8, 4) is 0 Å². The number of hydrogen-bond donors (Lipinski definition) is 2. The summed E-state index contributed by atoms with van der Waals surface area (Å²) < 4.78 is 5.12. The highest BCUT2D eigenvalue weighted by atomic mass is 16.5. The molecule has 1 saturated heterocycles. The first-order chi connectivity index (χ1) is 7.02. The van der Waals surface area contributed by atoms with Crippen LogP contribution in [0.25, 0.3) is 0 Å². The van der Waals surface area contributed by atoms with E-state index in [2.05, 4.69) is 0 Å². The van der Waals surface area contributed by atoms with E-state index in [1.165, 1.54) is 7.11 Å². The van der Waals surface area contributed by atoms with Gasteiger partial charge in [0.25, 0.3) is 0 Å². The van der Waals surface area contributed by atoms with Crippen LogP contribution in [-0.4, -0.2) is 49.1 Å². The van der Waals surface area contributed by atoms with Gasteiger partial charge in [-0.1, -0.05) is 0 Å². The standard InChI is InChI=1S/C9H17N3O3/c1-5(15-2)8-6(9(11)14)4-12(8)7(13)3-10/h5-6,8H,3-4,10H2,1-2H3,(H2,11,14). The number of methoxy groups -OCH3 is 1. The molecule has 0 aromatic rings. The SMILES string of the molecule is COC(C)C1C(C(N)=O)CN1C(=O)CN. The van der Waals surface area contributed by atoms with E-state index in [1.54, 1.807) is 11.8 Å². The second kappa shape index (κ2) is 4.59. The number of hydrogen-bond acceptors (Lipinski definition) is 4. The third kappa shape index (κ3) is 2.10. The lowest BCUT2D eigenvalue weighted by Gasteiger charge is -2.48. The van der Waals surface area contributed by atoms with E-state index in [4.69, 9.17) is 16.2 Å². The summed E-state index contributed by atoms with van der Waals surface area (Å²) in [6.45, 7) is 2.10. The largest absolute Gasteiger partial charge is 0.380 e. The third-order valence-electron chi connectivity index (χ3n) is 2.88. The summed E-state index contributed by atoms with van der Waals surface area (Å²) in [6, 6.07) is -0.274. The molecule has 6 nitrogen and oxygen atoms in total. The molecule has 1 aliphatic heterocycles. The first-order valence-corrected chi connectivity index (χ1v) is 4.84. The molecule has 3 unspecified atom stereocenters. The molecule has 0 radical (unpaired) electrons. The maximum Gasteiger partial charge on any atom is 0.236 e. The quantitative estimate of drug-likeness (QED) is 0.583. The fourth-order valence-electron chi connectivity index (χ4n) is 1.88. The molecule has 1 heterocycles. The van der Waals surface area contributed by atoms with Crippen LogP contribution in [0.5, 0.6) is 0 Å². The van der Waals surface area contributed by atoms with E-state index >= 15 is 0 Å². The van der Waals surface area contributed by atoms with E-state index in [9.17, 15) is 9.59 Å². The van der Waals surface area contributed by atoms with Crippen molar-refractivity contribution in [3.05, 3.63) is 0 Å². The minimum absolute atomic E-state index is 0.0571. The lowest BCUT2D eigenvalue weighted by Crippen LogP contribution is -2.67. The number of carbonyl (C=O) groups is 2. The van der Waals surface area contributed by atoms with Crippen LogP contribution in [0.2, 0.25) is 0 Å². The van der Waals surface area contributed by atoms with Gasteiger partial charge in [-0.2, -0.15) is 0 Å². The van der Waals surface area contributed by atoms with Crippen LogP contribution < -0.4 is 11.5 Å². The highest BCUT2D eigenvalue weighted by molar-refractivity contribution is 5.85. The number of primary amides is 1. The Kier molecular flexibility index (Phi) is 3.65. The lowest BCUT2D eigenvalue weighted by molar-refractivity contribution is -0.156. The summed E-state index contributed by atoms with van der Waals surface area (Å²) >= 11 is 0. The summed E-state index contributed by atoms with van der Waals surface area (Å²) in [5.41, 5.74) is 10.5. The molecular weight excluding hydrogens is 198 g/mol. The molecule has 0 aliphatic carbocycles. The van der Waals surface area contributed by atoms with Gasteiger partial charge in [-0.25, -0.2) is 0 Å². The first kappa shape index (κ1) is 11.9. The molecule has 1 rings (SSSR count). The third-order valence-corrected chi connectivity index (χ3v) is 2.88. The smallest absolute Gasteiger partial charge is 0.236 e. The fourth-order valence-corrected chi connectivity index (χ4v) is 1.88. The molecule has 0 bridgehead atoms. The van der Waals surface area contributed by atoms with Crippen LogP contribution in [0.4, 0.5) is 0 Å². The zero-order chi connectivity index (χ0) is 11.6. The summed E-state index contributed by atoms with van der Waals surface area (Å²) in [5.74, 6) is -0.901. The number of likely N-dealkylation sites (tertiary alicyclic amines) is 1. The van der Waals surface area contributed by atoms with Crippen LogP contribution >= 0.6 is 0 Å². The average molecular weight is 215 g/mol. The van der Waals surface area contributed by atoms with Crippen LogP contribution in [0.3, 0.4) is 0 Å². The van der Waals surface area contributed by atoms with Crippen LogP contribution in [0.1, 0.15) is 6.92 Å². The number of nitrogens with zero attached hydrogens (tertiary/aromatic N) is 1. The monoisotopic (exact) mass is 215 g/mol. The van der Waals surface area contributed by atoms with Gasteiger partial charge in [0.15, 0.2) is 0 Å². The Morgan fingerprint density at radius 2 is 2.20 bits per heavy atom. The van der Waals surface area contributed by atoms with Gasteiger partial charge < -0.3 is 21.1 Å². The highest BCUT2D eigenvalue weighted by Crippen LogP contribution is 2.28. The second-order valence-corrected chi connectivity index (χ2v) is 3.69. The van der Waals surface area contributed by atoms with E-state index in [0.717, 1.165) is 0 Å². The molecule has 0 aromatic carbocycles. The van der Waals surface area contributed by atoms with E-state index in [-0.39, 0.29) is 30.5 Å². The number of carbonyl (C=O) groups excluding carboxylic acids is 2. The molecule has 86 valence electrons. The Hall–Kier alpha value is -1.14. The van der Waals surface area contributed by atoms with Crippen LogP contribution in [0.15, 0.2) is 0 Å². The molecule has 1 fully saturated rings. The topological polar surface area (TPSA) is 98.6 Å². The van der Waals surface area contributed by atoms with Gasteiger partial charge in [-0.15, -0.1) is 0 Å². The van der Waals surface area contributed by atoms with Gasteiger partial charge in [0, 0.05) is 13.7 Å². The fraction of sp³-hybridized carbons (Fsp3) is 0.778. The zero-order valence-electron chi connectivity index (χ0n) is 8.97. The van der Waals surface area contributed by atoms with Gasteiger partial charge in [0.05, 0.1) is 24.6 Å². The molecule has 3 atom stereocenters. The van der Waals surface area contributed by atoms with Crippen molar-refractivity contribution in [2.24, 2.45) is 17.4 Å². The Morgan fingerprint density at radius 3 is 2.60 bits per heavy atom. The Bertz CT molecular complexity index is 269. The molecular formula is C9H17N3O3. The van der Waals surface area contributed by atoms with E-state index in [1.807, 2.05) is 0 Å². The molecule has 2 amide bonds. The molecule has 0 spiro atoms. The maximum absolute atomic E-state index is 11.4. The Labute approximate surface area is 88.5 Å². The molecule has 4 N–H and O–H groups in total. The number of rotatable bonds is 4. The second-order valence-electron chi connectivity index (χ2n) is 3.69. The highest BCUT2D eigenvalue weighted by Gasteiger charge is 2.47. The molecule has 15 heavy (non-hydrogen) atoms. The summed E-state index contributed by atoms with van der Waals surface area (Å²) in [5, 5.41) is 0. The number of amides is 2. The van der Waals surface area contributed by atoms with Crippen molar-refractivity contribution in [2.45, 2.75) is 19.1 Å². The van der Waals surface area contributed by atoms with Crippen LogP contribution in [0, 0.1) is 5.92 Å². The molecule has 1 aliphatic rings. The summed E-state index contributed by atoms with van der Waals surface area (Å²) in [4.78, 5) is 24.0. The van der Waals surface area contributed by atoms with Gasteiger partial charge in [0.1, 0.15) is 0 Å². The Morgan fingerprint density at radius 1 is 1.60 bits per heavy atom. The predicted octanol–water partition coefficient (Wildman–Crippen LogP) is -1.71.